The lowest BCUT2D eigenvalue weighted by molar-refractivity contribution is -0.118. The van der Waals surface area contributed by atoms with Gasteiger partial charge in [0.25, 0.3) is 5.91 Å². The van der Waals surface area contributed by atoms with Crippen LogP contribution in [0.4, 0.5) is 5.69 Å². The van der Waals surface area contributed by atoms with Crippen LogP contribution < -0.4 is 10.1 Å². The fourth-order valence-electron chi connectivity index (χ4n) is 1.55. The van der Waals surface area contributed by atoms with Crippen LogP contribution in [0.3, 0.4) is 0 Å². The lowest BCUT2D eigenvalue weighted by Gasteiger charge is -2.08. The molecule has 0 saturated carbocycles. The SMILES string of the molecule is Cc1ccc(NC(=O)COc2ccc(Cl)cc2)cc1Cl. The maximum absolute atomic E-state index is 11.7. The van der Waals surface area contributed by atoms with Gasteiger partial charge in [0, 0.05) is 15.7 Å². The van der Waals surface area contributed by atoms with Gasteiger partial charge in [0.05, 0.1) is 0 Å². The van der Waals surface area contributed by atoms with Crippen molar-refractivity contribution < 1.29 is 9.53 Å². The maximum Gasteiger partial charge on any atom is 0.262 e. The van der Waals surface area contributed by atoms with E-state index in [1.54, 1.807) is 36.4 Å². The first-order valence-electron chi connectivity index (χ1n) is 5.99. The van der Waals surface area contributed by atoms with Crippen LogP contribution in [-0.4, -0.2) is 12.5 Å². The molecule has 0 unspecified atom stereocenters. The first kappa shape index (κ1) is 14.7. The number of carbonyl (C=O) groups is 1. The summed E-state index contributed by atoms with van der Waals surface area (Å²) < 4.78 is 5.35. The highest BCUT2D eigenvalue weighted by atomic mass is 35.5. The van der Waals surface area contributed by atoms with Gasteiger partial charge in [-0.2, -0.15) is 0 Å². The van der Waals surface area contributed by atoms with Crippen molar-refractivity contribution in [1.82, 2.24) is 0 Å². The molecule has 1 amide bonds. The van der Waals surface area contributed by atoms with E-state index in [0.29, 0.717) is 21.5 Å². The number of hydrogen-bond acceptors (Lipinski definition) is 2. The topological polar surface area (TPSA) is 38.3 Å². The van der Waals surface area contributed by atoms with Crippen molar-refractivity contribution in [1.29, 1.82) is 0 Å². The number of ether oxygens (including phenoxy) is 1. The van der Waals surface area contributed by atoms with Gasteiger partial charge in [-0.1, -0.05) is 29.3 Å². The molecule has 0 aliphatic carbocycles. The largest absolute Gasteiger partial charge is 0.484 e. The molecule has 0 aromatic heterocycles. The molecule has 2 aromatic carbocycles. The number of hydrogen-bond donors (Lipinski definition) is 1. The highest BCUT2D eigenvalue weighted by molar-refractivity contribution is 6.31. The van der Waals surface area contributed by atoms with Gasteiger partial charge in [-0.05, 0) is 48.9 Å². The zero-order valence-electron chi connectivity index (χ0n) is 10.8. The van der Waals surface area contributed by atoms with Crippen LogP contribution in [0.25, 0.3) is 0 Å². The third-order valence-electron chi connectivity index (χ3n) is 2.64. The Bertz CT molecular complexity index is 612. The second kappa shape index (κ2) is 6.64. The Kier molecular flexibility index (Phi) is 4.88. The van der Waals surface area contributed by atoms with Crippen LogP contribution in [0.2, 0.25) is 10.0 Å². The molecule has 0 aliphatic rings. The van der Waals surface area contributed by atoms with Crippen molar-refractivity contribution in [3.8, 4) is 5.75 Å². The molecule has 0 fully saturated rings. The quantitative estimate of drug-likeness (QED) is 0.913. The summed E-state index contributed by atoms with van der Waals surface area (Å²) in [6.07, 6.45) is 0. The Morgan fingerprint density at radius 1 is 1.15 bits per heavy atom. The molecule has 0 saturated heterocycles. The molecule has 0 spiro atoms. The first-order chi connectivity index (χ1) is 9.54. The zero-order chi connectivity index (χ0) is 14.5. The van der Waals surface area contributed by atoms with Gasteiger partial charge in [-0.25, -0.2) is 0 Å². The minimum atomic E-state index is -0.250. The van der Waals surface area contributed by atoms with Crippen LogP contribution in [0, 0.1) is 6.92 Å². The van der Waals surface area contributed by atoms with E-state index in [9.17, 15) is 4.79 Å². The number of benzene rings is 2. The monoisotopic (exact) mass is 309 g/mol. The molecule has 20 heavy (non-hydrogen) atoms. The Hall–Kier alpha value is -1.71. The van der Waals surface area contributed by atoms with Crippen LogP contribution in [-0.2, 0) is 4.79 Å². The van der Waals surface area contributed by atoms with Crippen molar-refractivity contribution in [2.24, 2.45) is 0 Å². The zero-order valence-corrected chi connectivity index (χ0v) is 12.3. The van der Waals surface area contributed by atoms with Crippen LogP contribution in [0.1, 0.15) is 5.56 Å². The van der Waals surface area contributed by atoms with Gasteiger partial charge in [0.2, 0.25) is 0 Å². The van der Waals surface area contributed by atoms with E-state index in [4.69, 9.17) is 27.9 Å². The summed E-state index contributed by atoms with van der Waals surface area (Å²) in [7, 11) is 0. The highest BCUT2D eigenvalue weighted by Gasteiger charge is 2.05. The average Bonchev–Trinajstić information content (AvgIpc) is 2.42. The molecule has 0 radical (unpaired) electrons. The minimum absolute atomic E-state index is 0.0763. The number of halogens is 2. The minimum Gasteiger partial charge on any atom is -0.484 e. The lowest BCUT2D eigenvalue weighted by atomic mass is 10.2. The first-order valence-corrected chi connectivity index (χ1v) is 6.74. The van der Waals surface area contributed by atoms with E-state index in [0.717, 1.165) is 5.56 Å². The van der Waals surface area contributed by atoms with Crippen molar-refractivity contribution in [2.45, 2.75) is 6.92 Å². The predicted molar refractivity (Wildman–Crippen MR) is 81.8 cm³/mol. The van der Waals surface area contributed by atoms with E-state index in [1.165, 1.54) is 0 Å². The van der Waals surface area contributed by atoms with Gasteiger partial charge in [-0.15, -0.1) is 0 Å². The third kappa shape index (κ3) is 4.15. The molecule has 104 valence electrons. The van der Waals surface area contributed by atoms with E-state index in [2.05, 4.69) is 5.32 Å². The fraction of sp³-hybridized carbons (Fsp3) is 0.133. The van der Waals surface area contributed by atoms with Crippen molar-refractivity contribution in [3.05, 3.63) is 58.1 Å². The van der Waals surface area contributed by atoms with Gasteiger partial charge in [0.1, 0.15) is 5.75 Å². The summed E-state index contributed by atoms with van der Waals surface area (Å²) >= 11 is 11.8. The number of carbonyl (C=O) groups excluding carboxylic acids is 1. The summed E-state index contributed by atoms with van der Waals surface area (Å²) in [6.45, 7) is 1.82. The molecule has 5 heteroatoms. The van der Waals surface area contributed by atoms with Crippen molar-refractivity contribution >= 4 is 34.8 Å². The number of anilines is 1. The Labute approximate surface area is 127 Å². The summed E-state index contributed by atoms with van der Waals surface area (Å²) in [6, 6.07) is 12.2. The smallest absolute Gasteiger partial charge is 0.262 e. The summed E-state index contributed by atoms with van der Waals surface area (Å²) in [5.74, 6) is 0.339. The lowest BCUT2D eigenvalue weighted by Crippen LogP contribution is -2.20. The molecule has 0 atom stereocenters. The average molecular weight is 310 g/mol. The Morgan fingerprint density at radius 3 is 2.50 bits per heavy atom. The normalized spacial score (nSPS) is 10.2. The molecular formula is C15H13Cl2NO2. The van der Waals surface area contributed by atoms with Crippen molar-refractivity contribution in [3.63, 3.8) is 0 Å². The summed E-state index contributed by atoms with van der Waals surface area (Å²) in [5.41, 5.74) is 1.60. The second-order valence-corrected chi connectivity index (χ2v) is 5.10. The molecule has 2 aromatic rings. The van der Waals surface area contributed by atoms with E-state index in [1.807, 2.05) is 13.0 Å². The van der Waals surface area contributed by atoms with Crippen LogP contribution in [0.15, 0.2) is 42.5 Å². The van der Waals surface area contributed by atoms with Gasteiger partial charge in [-0.3, -0.25) is 4.79 Å². The maximum atomic E-state index is 11.7. The summed E-state index contributed by atoms with van der Waals surface area (Å²) in [4.78, 5) is 11.7. The highest BCUT2D eigenvalue weighted by Crippen LogP contribution is 2.20. The van der Waals surface area contributed by atoms with Gasteiger partial charge >= 0.3 is 0 Å². The van der Waals surface area contributed by atoms with Crippen LogP contribution in [0.5, 0.6) is 5.75 Å². The standard InChI is InChI=1S/C15H13Cl2NO2/c1-10-2-5-12(8-14(10)17)18-15(19)9-20-13-6-3-11(16)4-7-13/h2-8H,9H2,1H3,(H,18,19). The molecule has 3 nitrogen and oxygen atoms in total. The Morgan fingerprint density at radius 2 is 1.85 bits per heavy atom. The van der Waals surface area contributed by atoms with E-state index < -0.39 is 0 Å². The number of rotatable bonds is 4. The number of amides is 1. The van der Waals surface area contributed by atoms with E-state index in [-0.39, 0.29) is 12.5 Å². The van der Waals surface area contributed by atoms with Crippen molar-refractivity contribution in [2.75, 3.05) is 11.9 Å². The molecule has 2 rings (SSSR count). The fourth-order valence-corrected chi connectivity index (χ4v) is 1.85. The predicted octanol–water partition coefficient (Wildman–Crippen LogP) is 4.32. The molecular weight excluding hydrogens is 297 g/mol. The second-order valence-electron chi connectivity index (χ2n) is 4.25. The molecule has 0 aliphatic heterocycles. The van der Waals surface area contributed by atoms with Crippen LogP contribution >= 0.6 is 23.2 Å². The number of aryl methyl sites for hydroxylation is 1. The third-order valence-corrected chi connectivity index (χ3v) is 3.30. The molecule has 1 N–H and O–H groups in total. The molecule has 0 bridgehead atoms. The summed E-state index contributed by atoms with van der Waals surface area (Å²) in [5, 5.41) is 3.95. The Balaban J connectivity index is 1.89. The van der Waals surface area contributed by atoms with Gasteiger partial charge in [0.15, 0.2) is 6.61 Å². The van der Waals surface area contributed by atoms with Gasteiger partial charge < -0.3 is 10.1 Å². The molecule has 0 heterocycles. The number of nitrogens with one attached hydrogen (secondary N) is 1. The van der Waals surface area contributed by atoms with E-state index >= 15 is 0 Å².